The molecule has 0 aliphatic heterocycles. The van der Waals surface area contributed by atoms with Crippen molar-refractivity contribution in [3.05, 3.63) is 72.1 Å². The van der Waals surface area contributed by atoms with Gasteiger partial charge in [0.15, 0.2) is 5.78 Å². The second-order valence-corrected chi connectivity index (χ2v) is 6.35. The van der Waals surface area contributed by atoms with Gasteiger partial charge < -0.3 is 20.4 Å². The number of nitrogens with one attached hydrogen (secondary N) is 1. The first-order chi connectivity index (χ1) is 13.4. The van der Waals surface area contributed by atoms with Crippen LogP contribution in [-0.2, 0) is 0 Å². The lowest BCUT2D eigenvalue weighted by Crippen LogP contribution is -2.12. The fourth-order valence-electron chi connectivity index (χ4n) is 2.47. The highest BCUT2D eigenvalue weighted by atomic mass is 16.3. The molecule has 3 N–H and O–H groups in total. The second-order valence-electron chi connectivity index (χ2n) is 6.35. The van der Waals surface area contributed by atoms with Crippen molar-refractivity contribution in [1.82, 2.24) is 9.97 Å². The largest absolute Gasteiger partial charge is 0.508 e. The van der Waals surface area contributed by atoms with E-state index in [-0.39, 0.29) is 22.8 Å². The number of aromatic hydroxyl groups is 2. The Kier molecular flexibility index (Phi) is 5.55. The summed E-state index contributed by atoms with van der Waals surface area (Å²) in [4.78, 5) is 22.5. The molecule has 7 nitrogen and oxygen atoms in total. The molecule has 7 heteroatoms. The van der Waals surface area contributed by atoms with E-state index in [0.29, 0.717) is 5.95 Å². The lowest BCUT2D eigenvalue weighted by atomic mass is 10.1. The zero-order valence-corrected chi connectivity index (χ0v) is 15.5. The van der Waals surface area contributed by atoms with Crippen LogP contribution in [0.3, 0.4) is 0 Å². The minimum atomic E-state index is -0.313. The number of hydrogen-bond acceptors (Lipinski definition) is 7. The summed E-state index contributed by atoms with van der Waals surface area (Å²) in [6.45, 7) is 0. The van der Waals surface area contributed by atoms with E-state index in [1.807, 2.05) is 43.3 Å². The number of carbonyl (C=O) groups is 1. The van der Waals surface area contributed by atoms with Crippen LogP contribution >= 0.6 is 0 Å². The number of phenolic OH excluding ortho intramolecular Hbond substituents is 2. The van der Waals surface area contributed by atoms with Crippen LogP contribution < -0.4 is 10.2 Å². The third-order valence-electron chi connectivity index (χ3n) is 3.85. The number of benzene rings is 2. The van der Waals surface area contributed by atoms with E-state index in [9.17, 15) is 15.0 Å². The van der Waals surface area contributed by atoms with Crippen molar-refractivity contribution in [2.45, 2.75) is 0 Å². The second kappa shape index (κ2) is 8.22. The number of nitrogens with zero attached hydrogens (tertiary/aromatic N) is 3. The molecule has 3 aromatic rings. The first-order valence-electron chi connectivity index (χ1n) is 8.52. The van der Waals surface area contributed by atoms with Gasteiger partial charge in [0.25, 0.3) is 0 Å². The van der Waals surface area contributed by atoms with Crippen LogP contribution in [0, 0.1) is 0 Å². The molecule has 1 aromatic heterocycles. The fourth-order valence-corrected chi connectivity index (χ4v) is 2.47. The number of aromatic nitrogens is 2. The molecule has 3 rings (SSSR count). The summed E-state index contributed by atoms with van der Waals surface area (Å²) in [5.74, 6) is 0.00632. The first-order valence-corrected chi connectivity index (χ1v) is 8.52. The van der Waals surface area contributed by atoms with Crippen LogP contribution in [0.4, 0.5) is 17.3 Å². The van der Waals surface area contributed by atoms with Gasteiger partial charge in [-0.15, -0.1) is 0 Å². The quantitative estimate of drug-likeness (QED) is 0.447. The zero-order valence-electron chi connectivity index (χ0n) is 15.5. The minimum Gasteiger partial charge on any atom is -0.508 e. The Labute approximate surface area is 162 Å². The van der Waals surface area contributed by atoms with Gasteiger partial charge in [-0.25, -0.2) is 9.97 Å². The number of carbonyl (C=O) groups excluding carboxylic acids is 1. The zero-order chi connectivity index (χ0) is 20.1. The number of allylic oxidation sites excluding steroid dienone is 1. The fraction of sp³-hybridized carbons (Fsp3) is 0.0952. The van der Waals surface area contributed by atoms with Crippen LogP contribution in [-0.4, -0.2) is 40.1 Å². The minimum absolute atomic E-state index is 0.158. The highest BCUT2D eigenvalue weighted by Gasteiger charge is 2.05. The summed E-state index contributed by atoms with van der Waals surface area (Å²) in [6.07, 6.45) is 6.48. The van der Waals surface area contributed by atoms with Crippen molar-refractivity contribution >= 4 is 29.2 Å². The van der Waals surface area contributed by atoms with E-state index in [1.165, 1.54) is 24.3 Å². The van der Waals surface area contributed by atoms with Gasteiger partial charge in [-0.2, -0.15) is 0 Å². The molecule has 0 amide bonds. The molecule has 0 unspecified atom stereocenters. The summed E-state index contributed by atoms with van der Waals surface area (Å²) in [5, 5.41) is 22.1. The average Bonchev–Trinajstić information content (AvgIpc) is 2.67. The molecule has 0 saturated heterocycles. The van der Waals surface area contributed by atoms with E-state index in [1.54, 1.807) is 18.5 Å². The SMILES string of the molecule is CN(C)c1ncc(Nc2ccc(/C=C/C(=O)c3cc(O)cc(O)c3)cc2)cn1. The molecule has 0 saturated carbocycles. The third-order valence-corrected chi connectivity index (χ3v) is 3.85. The van der Waals surface area contributed by atoms with Gasteiger partial charge in [-0.05, 0) is 35.9 Å². The monoisotopic (exact) mass is 376 g/mol. The van der Waals surface area contributed by atoms with Gasteiger partial charge in [0.2, 0.25) is 5.95 Å². The first kappa shape index (κ1) is 18.9. The standard InChI is InChI=1S/C21H20N4O3/c1-25(2)21-22-12-17(13-23-21)24-16-6-3-14(4-7-16)5-8-20(28)15-9-18(26)11-19(27)10-15/h3-13,24,26-27H,1-2H3/b8-5+. The maximum Gasteiger partial charge on any atom is 0.224 e. The van der Waals surface area contributed by atoms with Crippen LogP contribution in [0.2, 0.25) is 0 Å². The summed E-state index contributed by atoms with van der Waals surface area (Å²) in [6, 6.07) is 11.3. The molecular formula is C21H20N4O3. The van der Waals surface area contributed by atoms with Gasteiger partial charge in [0, 0.05) is 31.4 Å². The van der Waals surface area contributed by atoms with Crippen LogP contribution in [0.15, 0.2) is 60.9 Å². The summed E-state index contributed by atoms with van der Waals surface area (Å²) < 4.78 is 0. The molecule has 0 spiro atoms. The van der Waals surface area contributed by atoms with Crippen LogP contribution in [0.5, 0.6) is 11.5 Å². The molecule has 1 heterocycles. The van der Waals surface area contributed by atoms with E-state index >= 15 is 0 Å². The summed E-state index contributed by atoms with van der Waals surface area (Å²) in [5.41, 5.74) is 2.69. The molecular weight excluding hydrogens is 356 g/mol. The molecule has 0 atom stereocenters. The number of phenols is 2. The Morgan fingerprint density at radius 3 is 2.14 bits per heavy atom. The summed E-state index contributed by atoms with van der Waals surface area (Å²) >= 11 is 0. The van der Waals surface area contributed by atoms with Crippen molar-refractivity contribution in [1.29, 1.82) is 0 Å². The molecule has 2 aromatic carbocycles. The predicted octanol–water partition coefficient (Wildman–Crippen LogP) is 3.59. The molecule has 0 aliphatic rings. The van der Waals surface area contributed by atoms with Crippen molar-refractivity contribution in [3.8, 4) is 11.5 Å². The van der Waals surface area contributed by atoms with Gasteiger partial charge in [0.1, 0.15) is 11.5 Å². The number of hydrogen-bond donors (Lipinski definition) is 3. The highest BCUT2D eigenvalue weighted by molar-refractivity contribution is 6.07. The molecule has 28 heavy (non-hydrogen) atoms. The van der Waals surface area contributed by atoms with Gasteiger partial charge in [-0.1, -0.05) is 18.2 Å². The lowest BCUT2D eigenvalue weighted by molar-refractivity contribution is 0.104. The molecule has 0 radical (unpaired) electrons. The Hall–Kier alpha value is -3.87. The molecule has 0 bridgehead atoms. The van der Waals surface area contributed by atoms with Crippen molar-refractivity contribution < 1.29 is 15.0 Å². The Morgan fingerprint density at radius 2 is 1.57 bits per heavy atom. The van der Waals surface area contributed by atoms with Crippen molar-refractivity contribution in [2.24, 2.45) is 0 Å². The van der Waals surface area contributed by atoms with Crippen LogP contribution in [0.25, 0.3) is 6.08 Å². The average molecular weight is 376 g/mol. The number of anilines is 3. The maximum atomic E-state index is 12.2. The van der Waals surface area contributed by atoms with E-state index in [4.69, 9.17) is 0 Å². The van der Waals surface area contributed by atoms with Crippen molar-refractivity contribution in [3.63, 3.8) is 0 Å². The Morgan fingerprint density at radius 1 is 0.964 bits per heavy atom. The summed E-state index contributed by atoms with van der Waals surface area (Å²) in [7, 11) is 3.76. The third kappa shape index (κ3) is 4.85. The number of ketones is 1. The van der Waals surface area contributed by atoms with Gasteiger partial charge in [-0.3, -0.25) is 4.79 Å². The topological polar surface area (TPSA) is 98.6 Å². The van der Waals surface area contributed by atoms with Crippen molar-refractivity contribution in [2.75, 3.05) is 24.3 Å². The normalized spacial score (nSPS) is 10.8. The van der Waals surface area contributed by atoms with E-state index < -0.39 is 0 Å². The highest BCUT2D eigenvalue weighted by Crippen LogP contribution is 2.21. The van der Waals surface area contributed by atoms with E-state index in [0.717, 1.165) is 16.9 Å². The Balaban J connectivity index is 1.65. The van der Waals surface area contributed by atoms with Gasteiger partial charge >= 0.3 is 0 Å². The molecule has 142 valence electrons. The molecule has 0 fully saturated rings. The maximum absolute atomic E-state index is 12.2. The van der Waals surface area contributed by atoms with E-state index in [2.05, 4.69) is 15.3 Å². The van der Waals surface area contributed by atoms with Gasteiger partial charge in [0.05, 0.1) is 18.1 Å². The Bertz CT molecular complexity index is 977. The predicted molar refractivity (Wildman–Crippen MR) is 109 cm³/mol. The smallest absolute Gasteiger partial charge is 0.224 e. The lowest BCUT2D eigenvalue weighted by Gasteiger charge is -2.11. The molecule has 0 aliphatic carbocycles. The van der Waals surface area contributed by atoms with Crippen LogP contribution in [0.1, 0.15) is 15.9 Å². The number of rotatable bonds is 6.